The standard InChI is InChI=1S/C18H18N4S2.ClH/c19-18(23)22-9-7-21(8-10-22)16-12-15(13-4-2-1-3-5-13)20-14-6-11-24-17(14)16;/h1-6,11-12H,7-10H2,(H2,19,23);1H. The van der Waals surface area contributed by atoms with Crippen LogP contribution in [-0.2, 0) is 0 Å². The number of fused-ring (bicyclic) bond motifs is 1. The van der Waals surface area contributed by atoms with E-state index in [1.165, 1.54) is 10.4 Å². The third-order valence-corrected chi connectivity index (χ3v) is 5.58. The van der Waals surface area contributed by atoms with Crippen molar-refractivity contribution < 1.29 is 0 Å². The van der Waals surface area contributed by atoms with Gasteiger partial charge in [-0.1, -0.05) is 30.3 Å². The summed E-state index contributed by atoms with van der Waals surface area (Å²) in [4.78, 5) is 9.32. The fourth-order valence-electron chi connectivity index (χ4n) is 3.10. The summed E-state index contributed by atoms with van der Waals surface area (Å²) in [5, 5.41) is 2.61. The normalized spacial score (nSPS) is 14.4. The van der Waals surface area contributed by atoms with Gasteiger partial charge < -0.3 is 15.5 Å². The maximum Gasteiger partial charge on any atom is 0.166 e. The Morgan fingerprint density at radius 3 is 2.48 bits per heavy atom. The van der Waals surface area contributed by atoms with E-state index >= 15 is 0 Å². The molecule has 4 rings (SSSR count). The Morgan fingerprint density at radius 2 is 1.80 bits per heavy atom. The van der Waals surface area contributed by atoms with Gasteiger partial charge in [0, 0.05) is 31.7 Å². The highest BCUT2D eigenvalue weighted by Crippen LogP contribution is 2.34. The average molecular weight is 391 g/mol. The highest BCUT2D eigenvalue weighted by atomic mass is 35.5. The second-order valence-electron chi connectivity index (χ2n) is 5.84. The molecule has 7 heteroatoms. The molecule has 0 aliphatic carbocycles. The van der Waals surface area contributed by atoms with Gasteiger partial charge in [0.2, 0.25) is 0 Å². The largest absolute Gasteiger partial charge is 0.376 e. The van der Waals surface area contributed by atoms with Crippen LogP contribution in [0.4, 0.5) is 5.69 Å². The lowest BCUT2D eigenvalue weighted by molar-refractivity contribution is 0.389. The van der Waals surface area contributed by atoms with E-state index in [0.29, 0.717) is 5.11 Å². The third-order valence-electron chi connectivity index (χ3n) is 4.39. The second-order valence-corrected chi connectivity index (χ2v) is 7.17. The van der Waals surface area contributed by atoms with Gasteiger partial charge in [0.05, 0.1) is 21.6 Å². The van der Waals surface area contributed by atoms with E-state index in [9.17, 15) is 0 Å². The van der Waals surface area contributed by atoms with Gasteiger partial charge in [-0.3, -0.25) is 0 Å². The summed E-state index contributed by atoms with van der Waals surface area (Å²) in [6.45, 7) is 3.57. The van der Waals surface area contributed by atoms with Gasteiger partial charge >= 0.3 is 0 Å². The number of thiocarbonyl (C=S) groups is 1. The summed E-state index contributed by atoms with van der Waals surface area (Å²) in [5.74, 6) is 0. The summed E-state index contributed by atoms with van der Waals surface area (Å²) in [6.07, 6.45) is 0. The van der Waals surface area contributed by atoms with E-state index in [4.69, 9.17) is 22.9 Å². The van der Waals surface area contributed by atoms with Gasteiger partial charge in [-0.2, -0.15) is 0 Å². The number of nitrogens with zero attached hydrogens (tertiary/aromatic N) is 3. The van der Waals surface area contributed by atoms with Crippen LogP contribution in [0.25, 0.3) is 21.5 Å². The van der Waals surface area contributed by atoms with Gasteiger partial charge in [-0.05, 0) is 29.7 Å². The molecule has 0 unspecified atom stereocenters. The Labute approximate surface area is 162 Å². The Balaban J connectivity index is 0.00000182. The topological polar surface area (TPSA) is 45.4 Å². The zero-order chi connectivity index (χ0) is 16.5. The number of halogens is 1. The van der Waals surface area contributed by atoms with Crippen LogP contribution in [-0.4, -0.2) is 41.2 Å². The number of hydrogen-bond acceptors (Lipinski definition) is 4. The molecular formula is C18H19ClN4S2. The summed E-state index contributed by atoms with van der Waals surface area (Å²) in [5.41, 5.74) is 10.2. The third kappa shape index (κ3) is 3.56. The molecule has 0 amide bonds. The van der Waals surface area contributed by atoms with E-state index in [1.54, 1.807) is 11.3 Å². The Kier molecular flexibility index (Phi) is 5.42. The fourth-order valence-corrected chi connectivity index (χ4v) is 4.16. The Bertz CT molecular complexity index is 873. The number of piperazine rings is 1. The van der Waals surface area contributed by atoms with Crippen LogP contribution in [0.1, 0.15) is 0 Å². The first-order chi connectivity index (χ1) is 11.7. The number of anilines is 1. The number of benzene rings is 1. The molecule has 0 radical (unpaired) electrons. The molecular weight excluding hydrogens is 372 g/mol. The Morgan fingerprint density at radius 1 is 1.08 bits per heavy atom. The lowest BCUT2D eigenvalue weighted by Gasteiger charge is -2.36. The predicted molar refractivity (Wildman–Crippen MR) is 113 cm³/mol. The molecule has 1 aromatic carbocycles. The molecule has 0 bridgehead atoms. The molecule has 25 heavy (non-hydrogen) atoms. The van der Waals surface area contributed by atoms with E-state index in [2.05, 4.69) is 51.6 Å². The van der Waals surface area contributed by atoms with Crippen LogP contribution in [0, 0.1) is 0 Å². The van der Waals surface area contributed by atoms with E-state index in [-0.39, 0.29) is 12.4 Å². The fraction of sp³-hybridized carbons (Fsp3) is 0.222. The van der Waals surface area contributed by atoms with Crippen LogP contribution >= 0.6 is 36.0 Å². The zero-order valence-electron chi connectivity index (χ0n) is 13.6. The quantitative estimate of drug-likeness (QED) is 0.675. The number of aromatic nitrogens is 1. The minimum atomic E-state index is 0. The van der Waals surface area contributed by atoms with Crippen LogP contribution in [0.5, 0.6) is 0 Å². The van der Waals surface area contributed by atoms with Crippen molar-refractivity contribution >= 4 is 57.0 Å². The lowest BCUT2D eigenvalue weighted by atomic mass is 10.1. The maximum absolute atomic E-state index is 5.76. The predicted octanol–water partition coefficient (Wildman–Crippen LogP) is 3.75. The van der Waals surface area contributed by atoms with Gasteiger partial charge in [0.25, 0.3) is 0 Å². The first kappa shape index (κ1) is 17.9. The lowest BCUT2D eigenvalue weighted by Crippen LogP contribution is -2.50. The van der Waals surface area contributed by atoms with Crippen molar-refractivity contribution in [2.75, 3.05) is 31.1 Å². The molecule has 130 valence electrons. The summed E-state index contributed by atoms with van der Waals surface area (Å²) in [7, 11) is 0. The van der Waals surface area contributed by atoms with Crippen LogP contribution in [0.15, 0.2) is 47.8 Å². The molecule has 2 aromatic heterocycles. The summed E-state index contributed by atoms with van der Waals surface area (Å²) in [6, 6.07) is 14.7. The summed E-state index contributed by atoms with van der Waals surface area (Å²) < 4.78 is 1.25. The molecule has 3 aromatic rings. The van der Waals surface area contributed by atoms with Crippen molar-refractivity contribution in [3.05, 3.63) is 47.8 Å². The highest BCUT2D eigenvalue weighted by molar-refractivity contribution is 7.80. The van der Waals surface area contributed by atoms with Crippen LogP contribution in [0.3, 0.4) is 0 Å². The summed E-state index contributed by atoms with van der Waals surface area (Å²) >= 11 is 6.85. The van der Waals surface area contributed by atoms with Crippen molar-refractivity contribution in [1.29, 1.82) is 0 Å². The second kappa shape index (κ2) is 7.56. The maximum atomic E-state index is 5.76. The van der Waals surface area contributed by atoms with Gasteiger partial charge in [-0.25, -0.2) is 4.98 Å². The number of hydrogen-bond donors (Lipinski definition) is 1. The molecule has 4 nitrogen and oxygen atoms in total. The molecule has 2 N–H and O–H groups in total. The van der Waals surface area contributed by atoms with Gasteiger partial charge in [0.1, 0.15) is 0 Å². The number of rotatable bonds is 2. The van der Waals surface area contributed by atoms with Crippen molar-refractivity contribution in [3.63, 3.8) is 0 Å². The van der Waals surface area contributed by atoms with E-state index in [0.717, 1.165) is 43.0 Å². The van der Waals surface area contributed by atoms with Crippen LogP contribution < -0.4 is 10.6 Å². The number of thiophene rings is 1. The SMILES string of the molecule is Cl.NC(=S)N1CCN(c2cc(-c3ccccc3)nc3ccsc23)CC1. The number of nitrogens with two attached hydrogens (primary N) is 1. The molecule has 1 aliphatic rings. The molecule has 0 spiro atoms. The monoisotopic (exact) mass is 390 g/mol. The molecule has 1 fully saturated rings. The molecule has 1 saturated heterocycles. The molecule has 0 atom stereocenters. The van der Waals surface area contributed by atoms with Crippen LogP contribution in [0.2, 0.25) is 0 Å². The van der Waals surface area contributed by atoms with Gasteiger partial charge in [0.15, 0.2) is 5.11 Å². The van der Waals surface area contributed by atoms with Crippen molar-refractivity contribution in [3.8, 4) is 11.3 Å². The Hall–Kier alpha value is -1.89. The van der Waals surface area contributed by atoms with E-state index < -0.39 is 0 Å². The van der Waals surface area contributed by atoms with Crippen molar-refractivity contribution in [1.82, 2.24) is 9.88 Å². The smallest absolute Gasteiger partial charge is 0.166 e. The van der Waals surface area contributed by atoms with Gasteiger partial charge in [-0.15, -0.1) is 23.7 Å². The zero-order valence-corrected chi connectivity index (χ0v) is 16.0. The molecule has 3 heterocycles. The molecule has 1 aliphatic heterocycles. The average Bonchev–Trinajstić information content (AvgIpc) is 3.10. The minimum Gasteiger partial charge on any atom is -0.376 e. The first-order valence-corrected chi connectivity index (χ1v) is 9.24. The minimum absolute atomic E-state index is 0. The highest BCUT2D eigenvalue weighted by Gasteiger charge is 2.21. The van der Waals surface area contributed by atoms with Crippen molar-refractivity contribution in [2.45, 2.75) is 0 Å². The first-order valence-electron chi connectivity index (χ1n) is 7.95. The molecule has 0 saturated carbocycles. The van der Waals surface area contributed by atoms with Crippen molar-refractivity contribution in [2.24, 2.45) is 5.73 Å². The van der Waals surface area contributed by atoms with E-state index in [1.807, 2.05) is 6.07 Å². The number of pyridine rings is 1.